The molecule has 2 aromatic carbocycles. The molecule has 130 valence electrons. The number of carbonyl (C=O) groups excluding carboxylic acids is 2. The standard InChI is InChI=1S/C17H10ClN3O5/c18-10-2-1-3-12(8-10)20-16(22)13-14(19-26-15(13)17(20)23)9-4-6-11(7-5-9)21(24)25/h1-8,15,19H/t15-/m0/s1. The van der Waals surface area contributed by atoms with Crippen LogP contribution in [0.3, 0.4) is 0 Å². The van der Waals surface area contributed by atoms with E-state index in [2.05, 4.69) is 5.48 Å². The fourth-order valence-electron chi connectivity index (χ4n) is 2.92. The van der Waals surface area contributed by atoms with E-state index in [0.29, 0.717) is 22.0 Å². The fraction of sp³-hybridized carbons (Fsp3) is 0.0588. The van der Waals surface area contributed by atoms with Crippen LogP contribution in [-0.4, -0.2) is 22.8 Å². The lowest BCUT2D eigenvalue weighted by atomic mass is 10.0. The number of fused-ring (bicyclic) bond motifs is 1. The minimum Gasteiger partial charge on any atom is -0.270 e. The van der Waals surface area contributed by atoms with Crippen molar-refractivity contribution in [2.75, 3.05) is 4.90 Å². The maximum absolute atomic E-state index is 12.8. The first kappa shape index (κ1) is 16.2. The summed E-state index contributed by atoms with van der Waals surface area (Å²) in [5, 5.41) is 11.2. The third kappa shape index (κ3) is 2.43. The lowest BCUT2D eigenvalue weighted by Crippen LogP contribution is -2.34. The number of non-ortho nitro benzene ring substituents is 1. The summed E-state index contributed by atoms with van der Waals surface area (Å²) >= 11 is 5.94. The highest BCUT2D eigenvalue weighted by Crippen LogP contribution is 2.36. The zero-order valence-electron chi connectivity index (χ0n) is 13.0. The maximum atomic E-state index is 12.8. The molecule has 1 fully saturated rings. The minimum atomic E-state index is -1.08. The van der Waals surface area contributed by atoms with Gasteiger partial charge < -0.3 is 0 Å². The van der Waals surface area contributed by atoms with Gasteiger partial charge in [-0.05, 0) is 30.3 Å². The summed E-state index contributed by atoms with van der Waals surface area (Å²) in [7, 11) is 0. The molecule has 9 heteroatoms. The second-order valence-corrected chi connectivity index (χ2v) is 6.09. The van der Waals surface area contributed by atoms with Crippen LogP contribution in [0.2, 0.25) is 5.02 Å². The summed E-state index contributed by atoms with van der Waals surface area (Å²) < 4.78 is 0. The van der Waals surface area contributed by atoms with E-state index in [4.69, 9.17) is 16.4 Å². The Bertz CT molecular complexity index is 986. The lowest BCUT2D eigenvalue weighted by molar-refractivity contribution is -0.384. The molecule has 2 aromatic rings. The molecule has 26 heavy (non-hydrogen) atoms. The molecule has 0 spiro atoms. The van der Waals surface area contributed by atoms with E-state index in [1.807, 2.05) is 0 Å². The average Bonchev–Trinajstić information content (AvgIpc) is 3.16. The molecule has 0 radical (unpaired) electrons. The van der Waals surface area contributed by atoms with Gasteiger partial charge in [-0.15, -0.1) is 0 Å². The molecular weight excluding hydrogens is 362 g/mol. The van der Waals surface area contributed by atoms with Crippen molar-refractivity contribution >= 4 is 40.5 Å². The van der Waals surface area contributed by atoms with E-state index in [9.17, 15) is 19.7 Å². The number of anilines is 1. The molecule has 1 saturated heterocycles. The van der Waals surface area contributed by atoms with Crippen LogP contribution in [-0.2, 0) is 14.4 Å². The van der Waals surface area contributed by atoms with Gasteiger partial charge in [-0.1, -0.05) is 17.7 Å². The molecule has 2 amide bonds. The number of imide groups is 1. The smallest absolute Gasteiger partial charge is 0.270 e. The van der Waals surface area contributed by atoms with Gasteiger partial charge in [0, 0.05) is 22.7 Å². The molecule has 1 N–H and O–H groups in total. The number of rotatable bonds is 3. The van der Waals surface area contributed by atoms with Crippen molar-refractivity contribution in [3.8, 4) is 0 Å². The highest BCUT2D eigenvalue weighted by atomic mass is 35.5. The van der Waals surface area contributed by atoms with Gasteiger partial charge >= 0.3 is 0 Å². The quantitative estimate of drug-likeness (QED) is 0.505. The molecule has 0 bridgehead atoms. The van der Waals surface area contributed by atoms with Crippen LogP contribution in [0, 0.1) is 10.1 Å². The Balaban J connectivity index is 1.76. The van der Waals surface area contributed by atoms with Crippen molar-refractivity contribution in [1.29, 1.82) is 0 Å². The molecule has 0 aromatic heterocycles. The van der Waals surface area contributed by atoms with E-state index >= 15 is 0 Å². The highest BCUT2D eigenvalue weighted by molar-refractivity contribution is 6.34. The summed E-state index contributed by atoms with van der Waals surface area (Å²) in [5.74, 6) is -1.06. The predicted molar refractivity (Wildman–Crippen MR) is 92.0 cm³/mol. The molecular formula is C17H10ClN3O5. The number of halogens is 1. The zero-order chi connectivity index (χ0) is 18.4. The Kier molecular flexibility index (Phi) is 3.71. The number of carbonyl (C=O) groups is 2. The number of benzene rings is 2. The summed E-state index contributed by atoms with van der Waals surface area (Å²) in [6.45, 7) is 0. The van der Waals surface area contributed by atoms with Crippen LogP contribution in [0.5, 0.6) is 0 Å². The van der Waals surface area contributed by atoms with E-state index in [0.717, 1.165) is 4.90 Å². The van der Waals surface area contributed by atoms with Crippen molar-refractivity contribution < 1.29 is 19.3 Å². The van der Waals surface area contributed by atoms with Crippen molar-refractivity contribution in [3.05, 3.63) is 74.8 Å². The van der Waals surface area contributed by atoms with Gasteiger partial charge in [-0.25, -0.2) is 4.90 Å². The van der Waals surface area contributed by atoms with Gasteiger partial charge in [0.1, 0.15) is 0 Å². The first-order valence-corrected chi connectivity index (χ1v) is 7.89. The second kappa shape index (κ2) is 5.94. The average molecular weight is 372 g/mol. The molecule has 2 heterocycles. The molecule has 0 saturated carbocycles. The second-order valence-electron chi connectivity index (χ2n) is 5.65. The first-order chi connectivity index (χ1) is 12.5. The van der Waals surface area contributed by atoms with Crippen molar-refractivity contribution in [2.45, 2.75) is 6.10 Å². The van der Waals surface area contributed by atoms with Gasteiger partial charge in [0.05, 0.1) is 21.9 Å². The zero-order valence-corrected chi connectivity index (χ0v) is 13.8. The number of nitrogens with zero attached hydrogens (tertiary/aromatic N) is 2. The van der Waals surface area contributed by atoms with E-state index in [1.54, 1.807) is 18.2 Å². The summed E-state index contributed by atoms with van der Waals surface area (Å²) in [6.07, 6.45) is -1.08. The largest absolute Gasteiger partial charge is 0.270 e. The SMILES string of the molecule is O=C1C2=C(c3ccc([N+](=O)[O-])cc3)NO[C@@H]2C(=O)N1c1cccc(Cl)c1. The Morgan fingerprint density at radius 3 is 2.54 bits per heavy atom. The molecule has 0 unspecified atom stereocenters. The summed E-state index contributed by atoms with van der Waals surface area (Å²) in [6, 6.07) is 12.0. The number of hydrogen-bond donors (Lipinski definition) is 1. The third-order valence-electron chi connectivity index (χ3n) is 4.12. The first-order valence-electron chi connectivity index (χ1n) is 7.52. The number of nitro benzene ring substituents is 1. The van der Waals surface area contributed by atoms with Crippen LogP contribution in [0.15, 0.2) is 54.1 Å². The summed E-state index contributed by atoms with van der Waals surface area (Å²) in [5.41, 5.74) is 3.82. The summed E-state index contributed by atoms with van der Waals surface area (Å²) in [4.78, 5) is 42.0. The van der Waals surface area contributed by atoms with E-state index < -0.39 is 22.8 Å². The topological polar surface area (TPSA) is 102 Å². The van der Waals surface area contributed by atoms with Crippen molar-refractivity contribution in [3.63, 3.8) is 0 Å². The number of nitro groups is 1. The van der Waals surface area contributed by atoms with Crippen molar-refractivity contribution in [2.24, 2.45) is 0 Å². The van der Waals surface area contributed by atoms with Crippen molar-refractivity contribution in [1.82, 2.24) is 5.48 Å². The van der Waals surface area contributed by atoms with Gasteiger partial charge in [0.2, 0.25) is 0 Å². The Morgan fingerprint density at radius 2 is 1.88 bits per heavy atom. The number of amides is 2. The normalized spacial score (nSPS) is 19.0. The predicted octanol–water partition coefficient (Wildman–Crippen LogP) is 2.44. The number of hydrogen-bond acceptors (Lipinski definition) is 6. The molecule has 1 atom stereocenters. The Labute approximate surface area is 151 Å². The minimum absolute atomic E-state index is 0.0794. The Hall–Kier alpha value is -3.23. The van der Waals surface area contributed by atoms with Crippen LogP contribution in [0.25, 0.3) is 5.70 Å². The van der Waals surface area contributed by atoms with Gasteiger partial charge in [-0.3, -0.25) is 30.0 Å². The maximum Gasteiger partial charge on any atom is 0.270 e. The van der Waals surface area contributed by atoms with E-state index in [1.165, 1.54) is 30.3 Å². The Morgan fingerprint density at radius 1 is 1.15 bits per heavy atom. The monoisotopic (exact) mass is 371 g/mol. The van der Waals surface area contributed by atoms with Gasteiger partial charge in [-0.2, -0.15) is 0 Å². The van der Waals surface area contributed by atoms with Crippen LogP contribution in [0.1, 0.15) is 5.56 Å². The number of nitrogens with one attached hydrogen (secondary N) is 1. The van der Waals surface area contributed by atoms with Crippen LogP contribution < -0.4 is 10.4 Å². The van der Waals surface area contributed by atoms with Gasteiger partial charge in [0.25, 0.3) is 17.5 Å². The van der Waals surface area contributed by atoms with Crippen LogP contribution in [0.4, 0.5) is 11.4 Å². The van der Waals surface area contributed by atoms with Gasteiger partial charge in [0.15, 0.2) is 6.10 Å². The van der Waals surface area contributed by atoms with E-state index in [-0.39, 0.29) is 11.3 Å². The molecule has 8 nitrogen and oxygen atoms in total. The number of hydroxylamine groups is 1. The molecule has 2 aliphatic rings. The lowest BCUT2D eigenvalue weighted by Gasteiger charge is -2.15. The molecule has 0 aliphatic carbocycles. The third-order valence-corrected chi connectivity index (χ3v) is 4.36. The fourth-order valence-corrected chi connectivity index (χ4v) is 3.10. The molecule has 4 rings (SSSR count). The molecule has 2 aliphatic heterocycles. The van der Waals surface area contributed by atoms with Crippen LogP contribution >= 0.6 is 11.6 Å². The highest BCUT2D eigenvalue weighted by Gasteiger charge is 2.50.